The highest BCUT2D eigenvalue weighted by atomic mass is 15.1. The highest BCUT2D eigenvalue weighted by Crippen LogP contribution is 2.25. The van der Waals surface area contributed by atoms with Crippen LogP contribution in [0.5, 0.6) is 0 Å². The Balaban J connectivity index is 1.70. The SMILES string of the molecule is Cc1n[nH]c(C)c1-c1cncc(CC2CCN(C(C)C)CC2)n1. The molecule has 1 aliphatic rings. The summed E-state index contributed by atoms with van der Waals surface area (Å²) < 4.78 is 0. The molecule has 0 aromatic carbocycles. The molecule has 0 atom stereocenters. The van der Waals surface area contributed by atoms with Crippen molar-refractivity contribution in [3.8, 4) is 11.3 Å². The molecule has 2 aromatic rings. The van der Waals surface area contributed by atoms with Crippen molar-refractivity contribution in [3.05, 3.63) is 29.5 Å². The third-order valence-corrected chi connectivity index (χ3v) is 4.95. The van der Waals surface area contributed by atoms with Gasteiger partial charge in [-0.15, -0.1) is 0 Å². The van der Waals surface area contributed by atoms with Crippen LogP contribution < -0.4 is 0 Å². The third kappa shape index (κ3) is 3.61. The Bertz CT molecular complexity index is 634. The molecule has 0 unspecified atom stereocenters. The van der Waals surface area contributed by atoms with Crippen LogP contribution in [0.15, 0.2) is 12.4 Å². The molecule has 1 saturated heterocycles. The van der Waals surface area contributed by atoms with E-state index in [0.717, 1.165) is 40.7 Å². The number of aryl methyl sites for hydroxylation is 2. The zero-order valence-electron chi connectivity index (χ0n) is 14.6. The monoisotopic (exact) mass is 313 g/mol. The third-order valence-electron chi connectivity index (χ3n) is 4.95. The van der Waals surface area contributed by atoms with Crippen molar-refractivity contribution in [2.45, 2.75) is 53.0 Å². The molecule has 1 aliphatic heterocycles. The van der Waals surface area contributed by atoms with Gasteiger partial charge in [0.1, 0.15) is 0 Å². The van der Waals surface area contributed by atoms with E-state index < -0.39 is 0 Å². The van der Waals surface area contributed by atoms with E-state index in [4.69, 9.17) is 4.98 Å². The number of nitrogens with one attached hydrogen (secondary N) is 1. The zero-order chi connectivity index (χ0) is 16.4. The van der Waals surface area contributed by atoms with Crippen molar-refractivity contribution in [1.29, 1.82) is 0 Å². The van der Waals surface area contributed by atoms with Crippen molar-refractivity contribution in [2.24, 2.45) is 5.92 Å². The van der Waals surface area contributed by atoms with Gasteiger partial charge >= 0.3 is 0 Å². The van der Waals surface area contributed by atoms with Crippen LogP contribution in [0.2, 0.25) is 0 Å². The van der Waals surface area contributed by atoms with Crippen LogP contribution in [-0.4, -0.2) is 44.2 Å². The molecule has 0 amide bonds. The van der Waals surface area contributed by atoms with Crippen LogP contribution in [0, 0.1) is 19.8 Å². The normalized spacial score (nSPS) is 17.1. The van der Waals surface area contributed by atoms with E-state index in [2.05, 4.69) is 33.9 Å². The smallest absolute Gasteiger partial charge is 0.0925 e. The second-order valence-electron chi connectivity index (χ2n) is 6.98. The van der Waals surface area contributed by atoms with Crippen molar-refractivity contribution >= 4 is 0 Å². The average Bonchev–Trinajstić information content (AvgIpc) is 2.87. The van der Waals surface area contributed by atoms with E-state index in [1.807, 2.05) is 26.2 Å². The van der Waals surface area contributed by atoms with E-state index >= 15 is 0 Å². The van der Waals surface area contributed by atoms with Crippen LogP contribution in [0.3, 0.4) is 0 Å². The van der Waals surface area contributed by atoms with Crippen LogP contribution >= 0.6 is 0 Å². The number of aromatic nitrogens is 4. The number of rotatable bonds is 4. The summed E-state index contributed by atoms with van der Waals surface area (Å²) in [7, 11) is 0. The van der Waals surface area contributed by atoms with E-state index in [0.29, 0.717) is 6.04 Å². The van der Waals surface area contributed by atoms with E-state index in [-0.39, 0.29) is 0 Å². The Hall–Kier alpha value is -1.75. The Morgan fingerprint density at radius 2 is 1.96 bits per heavy atom. The summed E-state index contributed by atoms with van der Waals surface area (Å²) in [6.45, 7) is 11.0. The van der Waals surface area contributed by atoms with Gasteiger partial charge in [0.15, 0.2) is 0 Å². The maximum atomic E-state index is 4.85. The largest absolute Gasteiger partial charge is 0.301 e. The van der Waals surface area contributed by atoms with Gasteiger partial charge in [-0.2, -0.15) is 5.10 Å². The van der Waals surface area contributed by atoms with Crippen LogP contribution in [0.25, 0.3) is 11.3 Å². The number of aromatic amines is 1. The van der Waals surface area contributed by atoms with Crippen molar-refractivity contribution in [1.82, 2.24) is 25.1 Å². The van der Waals surface area contributed by atoms with E-state index in [9.17, 15) is 0 Å². The summed E-state index contributed by atoms with van der Waals surface area (Å²) in [6.07, 6.45) is 7.31. The summed E-state index contributed by atoms with van der Waals surface area (Å²) >= 11 is 0. The Morgan fingerprint density at radius 1 is 1.22 bits per heavy atom. The Morgan fingerprint density at radius 3 is 2.57 bits per heavy atom. The van der Waals surface area contributed by atoms with E-state index in [1.165, 1.54) is 25.9 Å². The number of piperidine rings is 1. The molecule has 1 fully saturated rings. The number of hydrogen-bond acceptors (Lipinski definition) is 4. The minimum absolute atomic E-state index is 0.658. The summed E-state index contributed by atoms with van der Waals surface area (Å²) in [5.74, 6) is 0.723. The van der Waals surface area contributed by atoms with Crippen molar-refractivity contribution < 1.29 is 0 Å². The molecule has 124 valence electrons. The summed E-state index contributed by atoms with van der Waals surface area (Å²) in [6, 6.07) is 0.658. The van der Waals surface area contributed by atoms with Crippen molar-refractivity contribution in [3.63, 3.8) is 0 Å². The lowest BCUT2D eigenvalue weighted by atomic mass is 9.91. The van der Waals surface area contributed by atoms with Crippen molar-refractivity contribution in [2.75, 3.05) is 13.1 Å². The first-order valence-corrected chi connectivity index (χ1v) is 8.61. The maximum Gasteiger partial charge on any atom is 0.0925 e. The predicted molar refractivity (Wildman–Crippen MR) is 92.2 cm³/mol. The van der Waals surface area contributed by atoms with E-state index in [1.54, 1.807) is 0 Å². The van der Waals surface area contributed by atoms with Gasteiger partial charge in [-0.25, -0.2) is 4.98 Å². The topological polar surface area (TPSA) is 57.7 Å². The lowest BCUT2D eigenvalue weighted by Crippen LogP contribution is -2.38. The first-order chi connectivity index (χ1) is 11.0. The minimum atomic E-state index is 0.658. The van der Waals surface area contributed by atoms with Crippen LogP contribution in [0.4, 0.5) is 0 Å². The Labute approximate surface area is 138 Å². The molecule has 1 N–H and O–H groups in total. The lowest BCUT2D eigenvalue weighted by molar-refractivity contribution is 0.149. The van der Waals surface area contributed by atoms with Gasteiger partial charge in [-0.05, 0) is 66.0 Å². The Kier molecular flexibility index (Phi) is 4.76. The van der Waals surface area contributed by atoms with Crippen LogP contribution in [0.1, 0.15) is 43.8 Å². The van der Waals surface area contributed by atoms with Gasteiger partial charge in [0.05, 0.1) is 23.3 Å². The molecular weight excluding hydrogens is 286 g/mol. The lowest BCUT2D eigenvalue weighted by Gasteiger charge is -2.34. The molecule has 0 bridgehead atoms. The quantitative estimate of drug-likeness (QED) is 0.942. The molecule has 5 heteroatoms. The molecule has 0 radical (unpaired) electrons. The molecule has 3 rings (SSSR count). The predicted octanol–water partition coefficient (Wildman–Crippen LogP) is 3.15. The summed E-state index contributed by atoms with van der Waals surface area (Å²) in [5.41, 5.74) is 5.17. The molecule has 23 heavy (non-hydrogen) atoms. The molecule has 0 aliphatic carbocycles. The second kappa shape index (κ2) is 6.79. The zero-order valence-corrected chi connectivity index (χ0v) is 14.6. The first kappa shape index (κ1) is 16.1. The fourth-order valence-corrected chi connectivity index (χ4v) is 3.52. The number of hydrogen-bond donors (Lipinski definition) is 1. The molecular formula is C18H27N5. The molecule has 0 spiro atoms. The minimum Gasteiger partial charge on any atom is -0.301 e. The maximum absolute atomic E-state index is 4.85. The average molecular weight is 313 g/mol. The first-order valence-electron chi connectivity index (χ1n) is 8.61. The van der Waals surface area contributed by atoms with Gasteiger partial charge in [0.2, 0.25) is 0 Å². The number of nitrogens with zero attached hydrogens (tertiary/aromatic N) is 4. The van der Waals surface area contributed by atoms with Gasteiger partial charge in [0.25, 0.3) is 0 Å². The molecule has 3 heterocycles. The summed E-state index contributed by atoms with van der Waals surface area (Å²) in [5, 5.41) is 7.29. The number of likely N-dealkylation sites (tertiary alicyclic amines) is 1. The molecule has 0 saturated carbocycles. The van der Waals surface area contributed by atoms with Gasteiger partial charge in [-0.3, -0.25) is 10.1 Å². The van der Waals surface area contributed by atoms with Gasteiger partial charge in [-0.1, -0.05) is 0 Å². The molecule has 5 nitrogen and oxygen atoms in total. The van der Waals surface area contributed by atoms with Crippen LogP contribution in [-0.2, 0) is 6.42 Å². The fraction of sp³-hybridized carbons (Fsp3) is 0.611. The second-order valence-corrected chi connectivity index (χ2v) is 6.98. The summed E-state index contributed by atoms with van der Waals surface area (Å²) in [4.78, 5) is 11.8. The standard InChI is InChI=1S/C18H27N5/c1-12(2)23-7-5-15(6-8-23)9-16-10-19-11-17(20-16)18-13(3)21-22-14(18)4/h10-12,15H,5-9H2,1-4H3,(H,21,22). The highest BCUT2D eigenvalue weighted by Gasteiger charge is 2.21. The highest BCUT2D eigenvalue weighted by molar-refractivity contribution is 5.63. The number of H-pyrrole nitrogens is 1. The fourth-order valence-electron chi connectivity index (χ4n) is 3.52. The van der Waals surface area contributed by atoms with Gasteiger partial charge in [0, 0.05) is 23.5 Å². The molecule has 2 aromatic heterocycles. The van der Waals surface area contributed by atoms with Gasteiger partial charge < -0.3 is 4.90 Å².